The number of hydrogen-bond donors (Lipinski definition) is 0. The average Bonchev–Trinajstić information content (AvgIpc) is 3.80. The summed E-state index contributed by atoms with van der Waals surface area (Å²) >= 11 is 0. The van der Waals surface area contributed by atoms with Gasteiger partial charge in [-0.15, -0.1) is 0 Å². The van der Waals surface area contributed by atoms with Crippen LogP contribution >= 0.6 is 0 Å². The van der Waals surface area contributed by atoms with Gasteiger partial charge in [-0.25, -0.2) is 0 Å². The minimum Gasteiger partial charge on any atom is -0.480 e. The summed E-state index contributed by atoms with van der Waals surface area (Å²) in [4.78, 5) is 0. The molecule has 6 aromatic rings. The summed E-state index contributed by atoms with van der Waals surface area (Å²) in [7, 11) is -1.46. The van der Waals surface area contributed by atoms with Crippen LogP contribution in [0.15, 0.2) is 109 Å². The van der Waals surface area contributed by atoms with Crippen LogP contribution in [0, 0.1) is 41.5 Å². The fourth-order valence-corrected chi connectivity index (χ4v) is 10.7. The van der Waals surface area contributed by atoms with E-state index in [4.69, 9.17) is 42.1 Å². The molecule has 75 heavy (non-hydrogen) atoms. The van der Waals surface area contributed by atoms with Crippen molar-refractivity contribution >= 4 is 37.7 Å². The van der Waals surface area contributed by atoms with E-state index in [-0.39, 0.29) is 0 Å². The molecule has 9 aliphatic rings. The molecule has 390 valence electrons. The molecule has 3 saturated heterocycles. The summed E-state index contributed by atoms with van der Waals surface area (Å²) in [5.41, 5.74) is 12.1. The zero-order chi connectivity index (χ0) is 53.9. The van der Waals surface area contributed by atoms with Gasteiger partial charge in [-0.1, -0.05) is 72.8 Å². The molecule has 3 fully saturated rings. The smallest absolute Gasteiger partial charge is 0.480 e. The standard InChI is InChI=1S/C63H75B3O9/c1-37-31-46-32-38(2)52(37)67-56(44-21-27-50(28-22-44)65-72-60(11,12)61(13,14)73-65)47-33-39(3)54(40(4)34-47)69-57(45-23-29-51(30-24-45)66-74-62(15,16)63(17,18)75-66)48-35-41(5)53(42(6)36-48)68-55(46)43-19-25-49(26-20-43)64-70-58(7,8)59(9,10)71-64/h19-36,55-57H,1-18H3. The fourth-order valence-electron chi connectivity index (χ4n) is 10.7. The quantitative estimate of drug-likeness (QED) is 0.152. The second-order valence-electron chi connectivity index (χ2n) is 24.7. The second-order valence-corrected chi connectivity index (χ2v) is 24.7. The van der Waals surface area contributed by atoms with E-state index in [0.29, 0.717) is 0 Å². The molecule has 0 N–H and O–H groups in total. The summed E-state index contributed by atoms with van der Waals surface area (Å²) in [6.45, 7) is 37.7. The van der Waals surface area contributed by atoms with Gasteiger partial charge in [-0.05, 0) is 244 Å². The van der Waals surface area contributed by atoms with Crippen molar-refractivity contribution in [1.29, 1.82) is 0 Å². The van der Waals surface area contributed by atoms with Gasteiger partial charge >= 0.3 is 21.4 Å². The molecule has 0 aromatic heterocycles. The molecule has 0 spiro atoms. The molecule has 12 heteroatoms. The Bertz CT molecular complexity index is 2690. The maximum Gasteiger partial charge on any atom is 0.494 e. The van der Waals surface area contributed by atoms with E-state index >= 15 is 0 Å². The van der Waals surface area contributed by atoms with Gasteiger partial charge in [0.1, 0.15) is 35.6 Å². The third-order valence-corrected chi connectivity index (χ3v) is 17.4. The fraction of sp³-hybridized carbons (Fsp3) is 0.429. The summed E-state index contributed by atoms with van der Waals surface area (Å²) < 4.78 is 60.9. The molecule has 9 heterocycles. The van der Waals surface area contributed by atoms with Crippen molar-refractivity contribution in [2.75, 3.05) is 0 Å². The molecular formula is C63H75B3O9. The molecular weight excluding hydrogens is 933 g/mol. The molecule has 3 atom stereocenters. The van der Waals surface area contributed by atoms with E-state index in [1.165, 1.54) is 0 Å². The minimum absolute atomic E-state index is 0.458. The van der Waals surface area contributed by atoms with Crippen molar-refractivity contribution in [3.05, 3.63) is 176 Å². The van der Waals surface area contributed by atoms with Crippen LogP contribution in [0.1, 0.15) is 168 Å². The Hall–Kier alpha value is -5.33. The molecule has 3 unspecified atom stereocenters. The predicted octanol–water partition coefficient (Wildman–Crippen LogP) is 12.3. The first-order valence-electron chi connectivity index (χ1n) is 26.7. The minimum atomic E-state index is -0.486. The van der Waals surface area contributed by atoms with Crippen LogP contribution in [0.3, 0.4) is 0 Å². The van der Waals surface area contributed by atoms with Crippen LogP contribution in [-0.4, -0.2) is 55.0 Å². The van der Waals surface area contributed by atoms with Gasteiger partial charge in [0.15, 0.2) is 0 Å². The van der Waals surface area contributed by atoms with Gasteiger partial charge in [0, 0.05) is 0 Å². The first-order chi connectivity index (χ1) is 35.0. The number of benzene rings is 6. The van der Waals surface area contributed by atoms with Crippen LogP contribution in [0.25, 0.3) is 0 Å². The van der Waals surface area contributed by atoms with Crippen LogP contribution in [0.2, 0.25) is 0 Å². The third kappa shape index (κ3) is 9.67. The molecule has 15 rings (SSSR count). The lowest BCUT2D eigenvalue weighted by Crippen LogP contribution is -2.41. The zero-order valence-electron chi connectivity index (χ0n) is 47.5. The van der Waals surface area contributed by atoms with Gasteiger partial charge in [0.2, 0.25) is 0 Å². The summed E-state index contributed by atoms with van der Waals surface area (Å²) in [5.74, 6) is 2.43. The first kappa shape index (κ1) is 53.1. The highest BCUT2D eigenvalue weighted by Gasteiger charge is 2.54. The van der Waals surface area contributed by atoms with Gasteiger partial charge in [-0.3, -0.25) is 0 Å². The van der Waals surface area contributed by atoms with E-state index < -0.39 is 73.3 Å². The highest BCUT2D eigenvalue weighted by molar-refractivity contribution is 6.63. The van der Waals surface area contributed by atoms with Crippen LogP contribution in [0.5, 0.6) is 17.2 Å². The van der Waals surface area contributed by atoms with Crippen molar-refractivity contribution in [3.8, 4) is 17.2 Å². The lowest BCUT2D eigenvalue weighted by atomic mass is 9.78. The zero-order valence-corrected chi connectivity index (χ0v) is 47.5. The summed E-state index contributed by atoms with van der Waals surface area (Å²) in [6.07, 6.45) is -1.43. The lowest BCUT2D eigenvalue weighted by Gasteiger charge is -2.32. The number of rotatable bonds is 6. The van der Waals surface area contributed by atoms with Crippen molar-refractivity contribution in [1.82, 2.24) is 0 Å². The van der Waals surface area contributed by atoms with E-state index in [2.05, 4.69) is 234 Å². The lowest BCUT2D eigenvalue weighted by molar-refractivity contribution is 0.00578. The Morgan fingerprint density at radius 3 is 0.613 bits per heavy atom. The normalized spacial score (nSPS) is 23.0. The van der Waals surface area contributed by atoms with Crippen molar-refractivity contribution < 1.29 is 42.1 Å². The SMILES string of the molecule is Cc1cc2cc(C)c1OC(c1ccc(B3OC(C)(C)C(C)(C)O3)cc1)c1cc(C)c(c(C)c1)OC(c1ccc(B3OC(C)(C)C(C)(C)O3)cc1)c1cc(C)c(c(C)c1)OC2c1ccc(B2OC(C)(C)C(C)(C)O2)cc1. The summed E-state index contributed by atoms with van der Waals surface area (Å²) in [6, 6.07) is 38.7. The second kappa shape index (κ2) is 18.7. The van der Waals surface area contributed by atoms with Gasteiger partial charge < -0.3 is 42.1 Å². The average molecular weight is 1010 g/mol. The monoisotopic (exact) mass is 1010 g/mol. The van der Waals surface area contributed by atoms with E-state index in [9.17, 15) is 0 Å². The molecule has 6 aromatic carbocycles. The van der Waals surface area contributed by atoms with Crippen LogP contribution in [-0.2, 0) is 27.9 Å². The molecule has 9 nitrogen and oxygen atoms in total. The van der Waals surface area contributed by atoms with Crippen molar-refractivity contribution in [3.63, 3.8) is 0 Å². The predicted molar refractivity (Wildman–Crippen MR) is 302 cm³/mol. The Morgan fingerprint density at radius 1 is 0.267 bits per heavy atom. The molecule has 0 radical (unpaired) electrons. The Kier molecular flexibility index (Phi) is 13.2. The van der Waals surface area contributed by atoms with Gasteiger partial charge in [0.05, 0.1) is 33.6 Å². The third-order valence-electron chi connectivity index (χ3n) is 17.4. The molecule has 6 bridgehead atoms. The molecule has 0 aliphatic carbocycles. The van der Waals surface area contributed by atoms with E-state index in [1.807, 2.05) is 0 Å². The Labute approximate surface area is 447 Å². The van der Waals surface area contributed by atoms with Crippen LogP contribution in [0.4, 0.5) is 0 Å². The molecule has 0 saturated carbocycles. The molecule has 9 aliphatic heterocycles. The maximum absolute atomic E-state index is 7.36. The highest BCUT2D eigenvalue weighted by Crippen LogP contribution is 2.44. The maximum atomic E-state index is 7.36. The van der Waals surface area contributed by atoms with Gasteiger partial charge in [-0.2, -0.15) is 0 Å². The number of ether oxygens (including phenoxy) is 3. The number of aryl methyl sites for hydroxylation is 6. The van der Waals surface area contributed by atoms with Gasteiger partial charge in [0.25, 0.3) is 0 Å². The number of hydrogen-bond acceptors (Lipinski definition) is 9. The first-order valence-corrected chi connectivity index (χ1v) is 26.7. The van der Waals surface area contributed by atoms with Crippen LogP contribution < -0.4 is 30.6 Å². The Balaban J connectivity index is 1.10. The molecule has 0 amide bonds. The Morgan fingerprint density at radius 2 is 0.440 bits per heavy atom. The largest absolute Gasteiger partial charge is 0.494 e. The summed E-state index contributed by atoms with van der Waals surface area (Å²) in [5, 5.41) is 0. The van der Waals surface area contributed by atoms with E-state index in [1.54, 1.807) is 0 Å². The van der Waals surface area contributed by atoms with Crippen molar-refractivity contribution in [2.45, 2.75) is 177 Å². The van der Waals surface area contributed by atoms with E-state index in [0.717, 1.165) is 100 Å². The highest BCUT2D eigenvalue weighted by atomic mass is 16.7. The van der Waals surface area contributed by atoms with Crippen molar-refractivity contribution in [2.24, 2.45) is 0 Å². The topological polar surface area (TPSA) is 83.1 Å².